The molecule has 0 aliphatic heterocycles. The summed E-state index contributed by atoms with van der Waals surface area (Å²) < 4.78 is 4.88. The van der Waals surface area contributed by atoms with Crippen molar-refractivity contribution in [2.75, 3.05) is 12.4 Å². The molecule has 1 aromatic carbocycles. The number of benzene rings is 1. The zero-order chi connectivity index (χ0) is 11.4. The molecule has 0 aromatic heterocycles. The Labute approximate surface area is 95.2 Å². The highest BCUT2D eigenvalue weighted by atomic mass is 79.9. The molecule has 0 heterocycles. The van der Waals surface area contributed by atoms with Gasteiger partial charge in [-0.05, 0) is 6.07 Å². The number of ketones is 1. The Morgan fingerprint density at radius 1 is 1.67 bits per heavy atom. The van der Waals surface area contributed by atoms with Crippen LogP contribution in [-0.4, -0.2) is 23.3 Å². The summed E-state index contributed by atoms with van der Waals surface area (Å²) >= 11 is 2.99. The number of alkyl halides is 1. The lowest BCUT2D eigenvalue weighted by molar-refractivity contribution is 0.102. The minimum atomic E-state index is -0.286. The summed E-state index contributed by atoms with van der Waals surface area (Å²) in [4.78, 5) is 11.3. The number of halogens is 1. The van der Waals surface area contributed by atoms with Crippen molar-refractivity contribution in [3.8, 4) is 17.6 Å². The van der Waals surface area contributed by atoms with Crippen LogP contribution in [0.1, 0.15) is 15.9 Å². The Kier molecular flexibility index (Phi) is 3.69. The van der Waals surface area contributed by atoms with E-state index in [0.29, 0.717) is 0 Å². The van der Waals surface area contributed by atoms with Crippen LogP contribution in [0.4, 0.5) is 0 Å². The van der Waals surface area contributed by atoms with Crippen LogP contribution in [0, 0.1) is 11.3 Å². The summed E-state index contributed by atoms with van der Waals surface area (Å²) in [7, 11) is 1.39. The summed E-state index contributed by atoms with van der Waals surface area (Å²) in [5.41, 5.74) is 0.337. The van der Waals surface area contributed by atoms with Crippen molar-refractivity contribution < 1.29 is 14.6 Å². The van der Waals surface area contributed by atoms with E-state index in [4.69, 9.17) is 10.00 Å². The molecule has 0 fully saturated rings. The van der Waals surface area contributed by atoms with E-state index < -0.39 is 0 Å². The summed E-state index contributed by atoms with van der Waals surface area (Å²) in [6.45, 7) is 0. The number of hydrogen-bond donors (Lipinski definition) is 1. The van der Waals surface area contributed by atoms with E-state index in [2.05, 4.69) is 15.9 Å². The molecule has 15 heavy (non-hydrogen) atoms. The second-order valence-electron chi connectivity index (χ2n) is 2.74. The molecule has 0 unspecified atom stereocenters. The van der Waals surface area contributed by atoms with Crippen LogP contribution in [0.2, 0.25) is 0 Å². The van der Waals surface area contributed by atoms with Crippen molar-refractivity contribution in [2.45, 2.75) is 0 Å². The molecule has 0 radical (unpaired) electrons. The number of carbonyl (C=O) groups is 1. The minimum Gasteiger partial charge on any atom is -0.507 e. The van der Waals surface area contributed by atoms with Crippen LogP contribution >= 0.6 is 15.9 Å². The lowest BCUT2D eigenvalue weighted by atomic mass is 10.1. The molecule has 1 rings (SSSR count). The van der Waals surface area contributed by atoms with Gasteiger partial charge in [0.15, 0.2) is 5.78 Å². The number of ether oxygens (including phenoxy) is 1. The third-order valence-corrected chi connectivity index (χ3v) is 2.37. The molecule has 0 saturated heterocycles. The quantitative estimate of drug-likeness (QED) is 0.672. The molecule has 4 nitrogen and oxygen atoms in total. The van der Waals surface area contributed by atoms with E-state index in [1.807, 2.05) is 6.07 Å². The molecule has 0 amide bonds. The second kappa shape index (κ2) is 4.80. The highest BCUT2D eigenvalue weighted by Gasteiger charge is 2.14. The van der Waals surface area contributed by atoms with Gasteiger partial charge in [-0.2, -0.15) is 5.26 Å². The Bertz CT molecular complexity index is 437. The molecular formula is C10H8BrNO3. The average molecular weight is 270 g/mol. The van der Waals surface area contributed by atoms with Crippen molar-refractivity contribution in [2.24, 2.45) is 0 Å². The highest BCUT2D eigenvalue weighted by molar-refractivity contribution is 9.09. The van der Waals surface area contributed by atoms with Gasteiger partial charge < -0.3 is 9.84 Å². The molecule has 0 spiro atoms. The van der Waals surface area contributed by atoms with Gasteiger partial charge in [-0.15, -0.1) is 0 Å². The number of Topliss-reactive ketones (excluding diaryl/α,β-unsaturated/α-hetero) is 1. The first-order valence-corrected chi connectivity index (χ1v) is 5.16. The largest absolute Gasteiger partial charge is 0.507 e. The number of phenols is 1. The van der Waals surface area contributed by atoms with Crippen LogP contribution in [0.15, 0.2) is 12.1 Å². The standard InChI is InChI=1S/C10H8BrNO3/c1-15-10-3-8(13)7(9(14)4-11)2-6(10)5-12/h2-3,13H,4H2,1H3. The van der Waals surface area contributed by atoms with Gasteiger partial charge in [-0.25, -0.2) is 0 Å². The zero-order valence-corrected chi connectivity index (χ0v) is 9.54. The summed E-state index contributed by atoms with van der Waals surface area (Å²) in [5.74, 6) is -0.219. The van der Waals surface area contributed by atoms with E-state index in [0.717, 1.165) is 0 Å². The van der Waals surface area contributed by atoms with Crippen molar-refractivity contribution >= 4 is 21.7 Å². The first-order chi connectivity index (χ1) is 7.13. The molecule has 1 aromatic rings. The third-order valence-electron chi connectivity index (χ3n) is 1.86. The van der Waals surface area contributed by atoms with Gasteiger partial charge in [0.2, 0.25) is 0 Å². The van der Waals surface area contributed by atoms with Gasteiger partial charge in [-0.3, -0.25) is 4.79 Å². The van der Waals surface area contributed by atoms with E-state index in [-0.39, 0.29) is 33.7 Å². The molecule has 0 saturated carbocycles. The number of carbonyl (C=O) groups excluding carboxylic acids is 1. The molecule has 78 valence electrons. The topological polar surface area (TPSA) is 70.3 Å². The SMILES string of the molecule is COc1cc(O)c(C(=O)CBr)cc1C#N. The van der Waals surface area contributed by atoms with Crippen LogP contribution in [-0.2, 0) is 0 Å². The molecular weight excluding hydrogens is 262 g/mol. The smallest absolute Gasteiger partial charge is 0.177 e. The maximum atomic E-state index is 11.3. The zero-order valence-electron chi connectivity index (χ0n) is 7.95. The molecule has 0 bridgehead atoms. The van der Waals surface area contributed by atoms with Crippen LogP contribution in [0.25, 0.3) is 0 Å². The van der Waals surface area contributed by atoms with Crippen molar-refractivity contribution in [3.05, 3.63) is 23.3 Å². The lowest BCUT2D eigenvalue weighted by Gasteiger charge is -2.06. The average Bonchev–Trinajstić information content (AvgIpc) is 2.27. The fourth-order valence-corrected chi connectivity index (χ4v) is 1.42. The minimum absolute atomic E-state index is 0.0950. The van der Waals surface area contributed by atoms with Gasteiger partial charge in [0.05, 0.1) is 23.6 Å². The van der Waals surface area contributed by atoms with Gasteiger partial charge >= 0.3 is 0 Å². The van der Waals surface area contributed by atoms with E-state index in [9.17, 15) is 9.90 Å². The van der Waals surface area contributed by atoms with Crippen LogP contribution < -0.4 is 4.74 Å². The third kappa shape index (κ3) is 2.28. The van der Waals surface area contributed by atoms with Crippen LogP contribution in [0.5, 0.6) is 11.5 Å². The van der Waals surface area contributed by atoms with Crippen LogP contribution in [0.3, 0.4) is 0 Å². The Hall–Kier alpha value is -1.54. The molecule has 0 aliphatic carbocycles. The second-order valence-corrected chi connectivity index (χ2v) is 3.30. The monoisotopic (exact) mass is 269 g/mol. The Morgan fingerprint density at radius 2 is 2.33 bits per heavy atom. The summed E-state index contributed by atoms with van der Waals surface area (Å²) in [6, 6.07) is 4.47. The number of aromatic hydroxyl groups is 1. The maximum absolute atomic E-state index is 11.3. The lowest BCUT2D eigenvalue weighted by Crippen LogP contribution is -2.02. The normalized spacial score (nSPS) is 9.40. The Balaban J connectivity index is 3.33. The molecule has 5 heteroatoms. The predicted molar refractivity (Wildman–Crippen MR) is 57.5 cm³/mol. The molecule has 0 aliphatic rings. The predicted octanol–water partition coefficient (Wildman–Crippen LogP) is 1.85. The fourth-order valence-electron chi connectivity index (χ4n) is 1.12. The van der Waals surface area contributed by atoms with E-state index in [1.54, 1.807) is 0 Å². The number of nitriles is 1. The number of hydrogen-bond acceptors (Lipinski definition) is 4. The number of rotatable bonds is 3. The summed E-state index contributed by atoms with van der Waals surface area (Å²) in [5, 5.41) is 18.4. The first-order valence-electron chi connectivity index (χ1n) is 4.04. The van der Waals surface area contributed by atoms with E-state index >= 15 is 0 Å². The van der Waals surface area contributed by atoms with Gasteiger partial charge in [0, 0.05) is 6.07 Å². The van der Waals surface area contributed by atoms with Gasteiger partial charge in [0.25, 0.3) is 0 Å². The van der Waals surface area contributed by atoms with E-state index in [1.165, 1.54) is 19.2 Å². The van der Waals surface area contributed by atoms with Crippen molar-refractivity contribution in [1.82, 2.24) is 0 Å². The van der Waals surface area contributed by atoms with Gasteiger partial charge in [-0.1, -0.05) is 15.9 Å². The first kappa shape index (κ1) is 11.5. The molecule has 1 N–H and O–H groups in total. The van der Waals surface area contributed by atoms with Crippen molar-refractivity contribution in [3.63, 3.8) is 0 Å². The van der Waals surface area contributed by atoms with Crippen molar-refractivity contribution in [1.29, 1.82) is 5.26 Å². The Morgan fingerprint density at radius 3 is 2.80 bits per heavy atom. The number of phenolic OH excluding ortho intramolecular Hbond substituents is 1. The highest BCUT2D eigenvalue weighted by Crippen LogP contribution is 2.28. The maximum Gasteiger partial charge on any atom is 0.177 e. The number of methoxy groups -OCH3 is 1. The molecule has 0 atom stereocenters. The number of nitrogens with zero attached hydrogens (tertiary/aromatic N) is 1. The van der Waals surface area contributed by atoms with Gasteiger partial charge in [0.1, 0.15) is 17.6 Å². The fraction of sp³-hybridized carbons (Fsp3) is 0.200. The summed E-state index contributed by atoms with van der Waals surface area (Å²) in [6.07, 6.45) is 0.